The van der Waals surface area contributed by atoms with Gasteiger partial charge in [-0.2, -0.15) is 11.8 Å². The van der Waals surface area contributed by atoms with E-state index in [1.807, 2.05) is 17.8 Å². The van der Waals surface area contributed by atoms with Crippen molar-refractivity contribution in [3.63, 3.8) is 0 Å². The molecule has 0 aromatic carbocycles. The van der Waals surface area contributed by atoms with E-state index in [0.717, 1.165) is 44.0 Å². The highest BCUT2D eigenvalue weighted by Crippen LogP contribution is 2.08. The molecule has 1 heterocycles. The lowest BCUT2D eigenvalue weighted by molar-refractivity contribution is 0.0463. The Labute approximate surface area is 190 Å². The molecule has 0 aliphatic rings. The number of aromatic carboxylic acids is 1. The van der Waals surface area contributed by atoms with Gasteiger partial charge in [-0.1, -0.05) is 12.5 Å². The average Bonchev–Trinajstić information content (AvgIpc) is 2.77. The molecule has 1 aromatic rings. The lowest BCUT2D eigenvalue weighted by atomic mass is 10.2. The Hall–Kier alpha value is -1.23. The number of nitrogens with zero attached hydrogens (tertiary/aromatic N) is 2. The number of hydrogen-bond acceptors (Lipinski definition) is 8. The van der Waals surface area contributed by atoms with E-state index in [1.54, 1.807) is 13.2 Å². The van der Waals surface area contributed by atoms with Crippen LogP contribution in [0.3, 0.4) is 0 Å². The van der Waals surface area contributed by atoms with Crippen LogP contribution >= 0.6 is 11.8 Å². The van der Waals surface area contributed by atoms with Crippen LogP contribution in [0, 0.1) is 0 Å². The zero-order valence-corrected chi connectivity index (χ0v) is 19.6. The number of aromatic nitrogens is 1. The molecule has 0 aliphatic heterocycles. The molecule has 0 saturated carbocycles. The molecule has 0 fully saturated rings. The third-order valence-electron chi connectivity index (χ3n) is 4.52. The molecular formula is C22H39N3O5S. The highest BCUT2D eigenvalue weighted by molar-refractivity contribution is 7.99. The maximum Gasteiger partial charge on any atom is 0.354 e. The molecule has 0 saturated heterocycles. The van der Waals surface area contributed by atoms with E-state index in [9.17, 15) is 4.79 Å². The number of hydrogen-bond donors (Lipinski definition) is 2. The zero-order valence-electron chi connectivity index (χ0n) is 18.8. The highest BCUT2D eigenvalue weighted by Gasteiger charge is 2.10. The van der Waals surface area contributed by atoms with Crippen molar-refractivity contribution in [2.75, 3.05) is 71.3 Å². The second kappa shape index (κ2) is 19.5. The molecule has 1 rings (SSSR count). The fourth-order valence-corrected chi connectivity index (χ4v) is 3.74. The van der Waals surface area contributed by atoms with E-state index in [1.165, 1.54) is 24.7 Å². The maximum absolute atomic E-state index is 11.2. The summed E-state index contributed by atoms with van der Waals surface area (Å²) in [6, 6.07) is 5.07. The van der Waals surface area contributed by atoms with Gasteiger partial charge in [-0.3, -0.25) is 4.90 Å². The average molecular weight is 458 g/mol. The summed E-state index contributed by atoms with van der Waals surface area (Å²) in [7, 11) is 1.65. The molecule has 0 atom stereocenters. The molecule has 3 N–H and O–H groups in total. The minimum atomic E-state index is -1.02. The van der Waals surface area contributed by atoms with Crippen molar-refractivity contribution in [3.8, 4) is 0 Å². The summed E-state index contributed by atoms with van der Waals surface area (Å²) in [5, 5.41) is 9.15. The highest BCUT2D eigenvalue weighted by atomic mass is 32.2. The Kier molecular flexibility index (Phi) is 17.4. The zero-order chi connectivity index (χ0) is 22.6. The molecule has 0 aliphatic carbocycles. The number of methoxy groups -OCH3 is 1. The monoisotopic (exact) mass is 457 g/mol. The fourth-order valence-electron chi connectivity index (χ4n) is 2.81. The van der Waals surface area contributed by atoms with Crippen molar-refractivity contribution < 1.29 is 24.1 Å². The number of unbranched alkanes of at least 4 members (excludes halogenated alkanes) is 2. The number of thioether (sulfide) groups is 1. The molecule has 0 radical (unpaired) electrons. The molecular weight excluding hydrogens is 418 g/mol. The smallest absolute Gasteiger partial charge is 0.354 e. The molecule has 31 heavy (non-hydrogen) atoms. The molecule has 0 unspecified atom stereocenters. The van der Waals surface area contributed by atoms with E-state index < -0.39 is 5.97 Å². The molecule has 0 spiro atoms. The van der Waals surface area contributed by atoms with Gasteiger partial charge >= 0.3 is 5.97 Å². The Morgan fingerprint density at radius 2 is 1.77 bits per heavy atom. The van der Waals surface area contributed by atoms with Gasteiger partial charge in [0.05, 0.1) is 32.1 Å². The largest absolute Gasteiger partial charge is 0.477 e. The van der Waals surface area contributed by atoms with Crippen LogP contribution in [0.4, 0.5) is 0 Å². The first-order valence-electron chi connectivity index (χ1n) is 11.0. The predicted molar refractivity (Wildman–Crippen MR) is 125 cm³/mol. The summed E-state index contributed by atoms with van der Waals surface area (Å²) in [5.74, 6) is 1.29. The van der Waals surface area contributed by atoms with Gasteiger partial charge in [0, 0.05) is 33.4 Å². The van der Waals surface area contributed by atoms with Gasteiger partial charge in [0.25, 0.3) is 0 Å². The van der Waals surface area contributed by atoms with E-state index in [4.69, 9.17) is 25.1 Å². The van der Waals surface area contributed by atoms with E-state index >= 15 is 0 Å². The summed E-state index contributed by atoms with van der Waals surface area (Å²) in [6.07, 6.45) is 4.62. The normalized spacial score (nSPS) is 11.3. The Morgan fingerprint density at radius 3 is 2.48 bits per heavy atom. The van der Waals surface area contributed by atoms with Crippen molar-refractivity contribution in [3.05, 3.63) is 29.6 Å². The summed E-state index contributed by atoms with van der Waals surface area (Å²) >= 11 is 1.98. The van der Waals surface area contributed by atoms with Crippen LogP contribution in [0.1, 0.15) is 41.9 Å². The van der Waals surface area contributed by atoms with Gasteiger partial charge in [0.15, 0.2) is 0 Å². The second-order valence-electron chi connectivity index (χ2n) is 7.13. The molecule has 1 aromatic heterocycles. The van der Waals surface area contributed by atoms with E-state index in [0.29, 0.717) is 39.5 Å². The van der Waals surface area contributed by atoms with Crippen molar-refractivity contribution in [2.24, 2.45) is 5.73 Å². The van der Waals surface area contributed by atoms with Gasteiger partial charge < -0.3 is 25.1 Å². The van der Waals surface area contributed by atoms with Crippen molar-refractivity contribution in [1.29, 1.82) is 0 Å². The topological polar surface area (TPSA) is 107 Å². The number of rotatable bonds is 21. The van der Waals surface area contributed by atoms with Crippen LogP contribution in [0.2, 0.25) is 0 Å². The number of carboxylic acids is 1. The molecule has 178 valence electrons. The molecule has 8 nitrogen and oxygen atoms in total. The van der Waals surface area contributed by atoms with Crippen molar-refractivity contribution in [1.82, 2.24) is 9.88 Å². The molecule has 0 bridgehead atoms. The lowest BCUT2D eigenvalue weighted by Crippen LogP contribution is -2.31. The third kappa shape index (κ3) is 15.2. The summed E-state index contributed by atoms with van der Waals surface area (Å²) < 4.78 is 16.4. The molecule has 0 amide bonds. The van der Waals surface area contributed by atoms with Crippen molar-refractivity contribution >= 4 is 17.7 Å². The molecule has 9 heteroatoms. The van der Waals surface area contributed by atoms with Crippen LogP contribution < -0.4 is 5.73 Å². The fraction of sp³-hybridized carbons (Fsp3) is 0.727. The van der Waals surface area contributed by atoms with Crippen LogP contribution in [0.25, 0.3) is 0 Å². The SMILES string of the molecule is COCCOCCN(CCOCCCSCCCCCN)Cc1cccc(C(=O)O)n1. The number of carbonyl (C=O) groups is 1. The maximum atomic E-state index is 11.2. The van der Waals surface area contributed by atoms with Gasteiger partial charge in [0.2, 0.25) is 0 Å². The Bertz CT molecular complexity index is 580. The summed E-state index contributed by atoms with van der Waals surface area (Å²) in [5.41, 5.74) is 6.29. The standard InChI is InChI=1S/C22H39N3O5S/c1-28-15-16-30-14-11-25(19-20-7-5-8-21(24-20)22(26)27)10-13-29-12-6-18-31-17-4-2-3-9-23/h5,7-8H,2-4,6,9-19,23H2,1H3,(H,26,27). The van der Waals surface area contributed by atoms with Gasteiger partial charge in [-0.25, -0.2) is 9.78 Å². The Morgan fingerprint density at radius 1 is 1.03 bits per heavy atom. The van der Waals surface area contributed by atoms with E-state index in [-0.39, 0.29) is 5.69 Å². The minimum absolute atomic E-state index is 0.0607. The van der Waals surface area contributed by atoms with Crippen LogP contribution in [-0.2, 0) is 20.8 Å². The van der Waals surface area contributed by atoms with Gasteiger partial charge in [0.1, 0.15) is 5.69 Å². The first-order chi connectivity index (χ1) is 15.2. The quantitative estimate of drug-likeness (QED) is 0.269. The first-order valence-corrected chi connectivity index (χ1v) is 12.2. The second-order valence-corrected chi connectivity index (χ2v) is 8.35. The predicted octanol–water partition coefficient (Wildman–Crippen LogP) is 2.51. The number of nitrogens with two attached hydrogens (primary N) is 1. The van der Waals surface area contributed by atoms with Crippen LogP contribution in [0.15, 0.2) is 18.2 Å². The summed E-state index contributed by atoms with van der Waals surface area (Å²) in [6.45, 7) is 5.85. The first kappa shape index (κ1) is 27.8. The van der Waals surface area contributed by atoms with Crippen LogP contribution in [-0.4, -0.2) is 92.2 Å². The summed E-state index contributed by atoms with van der Waals surface area (Å²) in [4.78, 5) is 17.6. The number of carboxylic acid groups (broad SMARTS) is 1. The number of ether oxygens (including phenoxy) is 3. The number of pyridine rings is 1. The Balaban J connectivity index is 2.29. The van der Waals surface area contributed by atoms with Crippen molar-refractivity contribution in [2.45, 2.75) is 32.2 Å². The van der Waals surface area contributed by atoms with Crippen LogP contribution in [0.5, 0.6) is 0 Å². The third-order valence-corrected chi connectivity index (χ3v) is 5.67. The van der Waals surface area contributed by atoms with E-state index in [2.05, 4.69) is 9.88 Å². The van der Waals surface area contributed by atoms with Gasteiger partial charge in [-0.15, -0.1) is 0 Å². The lowest BCUT2D eigenvalue weighted by Gasteiger charge is -2.22. The minimum Gasteiger partial charge on any atom is -0.477 e. The van der Waals surface area contributed by atoms with Gasteiger partial charge in [-0.05, 0) is 49.4 Å².